The molecule has 8 heteroatoms. The Kier molecular flexibility index (Phi) is 3.28. The largest absolute Gasteiger partial charge is 0.353 e. The highest BCUT2D eigenvalue weighted by Crippen LogP contribution is 2.12. The Balaban J connectivity index is 1.96. The fourth-order valence-corrected chi connectivity index (χ4v) is 2.49. The summed E-state index contributed by atoms with van der Waals surface area (Å²) in [6.07, 6.45) is 2.18. The number of amides is 2. The van der Waals surface area contributed by atoms with Gasteiger partial charge in [0.15, 0.2) is 0 Å². The zero-order valence-electron chi connectivity index (χ0n) is 11.9. The molecule has 0 aromatic carbocycles. The number of carbonyl (C=O) groups is 2. The van der Waals surface area contributed by atoms with Gasteiger partial charge in [-0.05, 0) is 19.4 Å². The average Bonchev–Trinajstić information content (AvgIpc) is 2.92. The Labute approximate surface area is 121 Å². The molecule has 0 saturated carbocycles. The summed E-state index contributed by atoms with van der Waals surface area (Å²) in [4.78, 5) is 34.2. The van der Waals surface area contributed by atoms with Crippen LogP contribution in [-0.4, -0.2) is 55.4 Å². The molecule has 1 aliphatic heterocycles. The number of hydrogen-bond acceptors (Lipinski definition) is 5. The predicted molar refractivity (Wildman–Crippen MR) is 73.6 cm³/mol. The molecule has 3 rings (SSSR count). The standard InChI is InChI=1S/C13H16N6O2/c1-3-9-11(20)14-6-7-18(9)12(21)10-16-13-15-5-4-8(2)19(13)17-10/h4-5,9H,3,6-7H2,1-2H3,(H,14,20). The highest BCUT2D eigenvalue weighted by atomic mass is 16.2. The number of aromatic nitrogens is 4. The summed E-state index contributed by atoms with van der Waals surface area (Å²) in [5.41, 5.74) is 0.843. The maximum Gasteiger partial charge on any atom is 0.294 e. The fraction of sp³-hybridized carbons (Fsp3) is 0.462. The number of nitrogens with one attached hydrogen (secondary N) is 1. The third-order valence-electron chi connectivity index (χ3n) is 3.60. The minimum Gasteiger partial charge on any atom is -0.353 e. The van der Waals surface area contributed by atoms with Gasteiger partial charge in [-0.25, -0.2) is 9.50 Å². The molecule has 0 radical (unpaired) electrons. The normalized spacial score (nSPS) is 18.9. The third-order valence-corrected chi connectivity index (χ3v) is 3.60. The Hall–Kier alpha value is -2.51. The van der Waals surface area contributed by atoms with Gasteiger partial charge in [-0.15, -0.1) is 5.10 Å². The fourth-order valence-electron chi connectivity index (χ4n) is 2.49. The summed E-state index contributed by atoms with van der Waals surface area (Å²) < 4.78 is 1.53. The third kappa shape index (κ3) is 2.22. The van der Waals surface area contributed by atoms with Crippen LogP contribution in [0.5, 0.6) is 0 Å². The summed E-state index contributed by atoms with van der Waals surface area (Å²) in [6, 6.07) is 1.32. The lowest BCUT2D eigenvalue weighted by atomic mass is 10.1. The summed E-state index contributed by atoms with van der Waals surface area (Å²) in [5, 5.41) is 6.97. The molecule has 1 N–H and O–H groups in total. The first kappa shape index (κ1) is 13.5. The van der Waals surface area contributed by atoms with Crippen molar-refractivity contribution in [1.29, 1.82) is 0 Å². The molecule has 0 bridgehead atoms. The summed E-state index contributed by atoms with van der Waals surface area (Å²) in [7, 11) is 0. The topological polar surface area (TPSA) is 92.5 Å². The van der Waals surface area contributed by atoms with E-state index in [0.29, 0.717) is 25.3 Å². The molecule has 1 atom stereocenters. The van der Waals surface area contributed by atoms with Crippen molar-refractivity contribution in [2.45, 2.75) is 26.3 Å². The van der Waals surface area contributed by atoms with E-state index in [1.165, 1.54) is 9.42 Å². The molecule has 2 aromatic heterocycles. The quantitative estimate of drug-likeness (QED) is 0.825. The van der Waals surface area contributed by atoms with Crippen LogP contribution in [0.3, 0.4) is 0 Å². The summed E-state index contributed by atoms with van der Waals surface area (Å²) in [6.45, 7) is 4.65. The number of carbonyl (C=O) groups excluding carboxylic acids is 2. The molecule has 0 aliphatic carbocycles. The molecular weight excluding hydrogens is 272 g/mol. The van der Waals surface area contributed by atoms with Crippen molar-refractivity contribution in [3.8, 4) is 0 Å². The van der Waals surface area contributed by atoms with Gasteiger partial charge in [0.2, 0.25) is 11.7 Å². The van der Waals surface area contributed by atoms with Gasteiger partial charge in [-0.2, -0.15) is 4.98 Å². The van der Waals surface area contributed by atoms with Crippen molar-refractivity contribution in [3.05, 3.63) is 23.8 Å². The van der Waals surface area contributed by atoms with E-state index in [1.807, 2.05) is 13.8 Å². The molecule has 1 aliphatic rings. The smallest absolute Gasteiger partial charge is 0.294 e. The van der Waals surface area contributed by atoms with Crippen molar-refractivity contribution in [2.24, 2.45) is 0 Å². The maximum absolute atomic E-state index is 12.6. The van der Waals surface area contributed by atoms with Crippen molar-refractivity contribution < 1.29 is 9.59 Å². The van der Waals surface area contributed by atoms with Gasteiger partial charge in [0.1, 0.15) is 6.04 Å². The van der Waals surface area contributed by atoms with Gasteiger partial charge >= 0.3 is 0 Å². The van der Waals surface area contributed by atoms with E-state index in [4.69, 9.17) is 0 Å². The van der Waals surface area contributed by atoms with Crippen LogP contribution < -0.4 is 5.32 Å². The van der Waals surface area contributed by atoms with E-state index in [1.54, 1.807) is 12.3 Å². The van der Waals surface area contributed by atoms with Gasteiger partial charge < -0.3 is 10.2 Å². The molecule has 2 amide bonds. The Morgan fingerprint density at radius 3 is 3.05 bits per heavy atom. The maximum atomic E-state index is 12.6. The van der Waals surface area contributed by atoms with Gasteiger partial charge in [0, 0.05) is 25.0 Å². The Bertz CT molecular complexity index is 710. The van der Waals surface area contributed by atoms with Crippen LogP contribution in [0.2, 0.25) is 0 Å². The lowest BCUT2D eigenvalue weighted by Crippen LogP contribution is -2.57. The second-order valence-corrected chi connectivity index (χ2v) is 4.95. The summed E-state index contributed by atoms with van der Waals surface area (Å²) >= 11 is 0. The first-order chi connectivity index (χ1) is 10.1. The molecule has 8 nitrogen and oxygen atoms in total. The lowest BCUT2D eigenvalue weighted by molar-refractivity contribution is -0.127. The molecule has 0 spiro atoms. The Morgan fingerprint density at radius 2 is 2.33 bits per heavy atom. The minimum absolute atomic E-state index is 0.0740. The van der Waals surface area contributed by atoms with Crippen molar-refractivity contribution in [2.75, 3.05) is 13.1 Å². The van der Waals surface area contributed by atoms with E-state index in [9.17, 15) is 9.59 Å². The second-order valence-electron chi connectivity index (χ2n) is 4.95. The van der Waals surface area contributed by atoms with Gasteiger partial charge in [-0.3, -0.25) is 9.59 Å². The van der Waals surface area contributed by atoms with Gasteiger partial charge in [-0.1, -0.05) is 6.92 Å². The zero-order valence-corrected chi connectivity index (χ0v) is 11.9. The molecule has 110 valence electrons. The monoisotopic (exact) mass is 288 g/mol. The van der Waals surface area contributed by atoms with Crippen LogP contribution in [0.1, 0.15) is 29.7 Å². The van der Waals surface area contributed by atoms with Crippen LogP contribution in [0.25, 0.3) is 5.78 Å². The SMILES string of the molecule is CCC1C(=O)NCCN1C(=O)c1nc2nccc(C)n2n1. The number of nitrogens with zero attached hydrogens (tertiary/aromatic N) is 5. The highest BCUT2D eigenvalue weighted by Gasteiger charge is 2.33. The Morgan fingerprint density at radius 1 is 1.52 bits per heavy atom. The molecule has 2 aromatic rings. The molecule has 3 heterocycles. The van der Waals surface area contributed by atoms with E-state index < -0.39 is 6.04 Å². The molecule has 1 unspecified atom stereocenters. The van der Waals surface area contributed by atoms with Crippen LogP contribution in [0, 0.1) is 6.92 Å². The second kappa shape index (κ2) is 5.12. The predicted octanol–water partition coefficient (Wildman–Crippen LogP) is -0.217. The molecule has 1 fully saturated rings. The highest BCUT2D eigenvalue weighted by molar-refractivity contribution is 5.95. The molecule has 21 heavy (non-hydrogen) atoms. The zero-order chi connectivity index (χ0) is 15.0. The van der Waals surface area contributed by atoms with E-state index in [0.717, 1.165) is 5.69 Å². The lowest BCUT2D eigenvalue weighted by Gasteiger charge is -2.33. The average molecular weight is 288 g/mol. The summed E-state index contributed by atoms with van der Waals surface area (Å²) in [5.74, 6) is -0.00502. The first-order valence-corrected chi connectivity index (χ1v) is 6.89. The first-order valence-electron chi connectivity index (χ1n) is 6.89. The van der Waals surface area contributed by atoms with Crippen LogP contribution >= 0.6 is 0 Å². The van der Waals surface area contributed by atoms with Crippen molar-refractivity contribution in [3.63, 3.8) is 0 Å². The molecular formula is C13H16N6O2. The van der Waals surface area contributed by atoms with E-state index >= 15 is 0 Å². The number of rotatable bonds is 2. The number of piperazine rings is 1. The molecule has 1 saturated heterocycles. The minimum atomic E-state index is -0.466. The van der Waals surface area contributed by atoms with Crippen molar-refractivity contribution >= 4 is 17.6 Å². The number of aryl methyl sites for hydroxylation is 1. The number of hydrogen-bond donors (Lipinski definition) is 1. The van der Waals surface area contributed by atoms with Crippen LogP contribution in [-0.2, 0) is 4.79 Å². The number of fused-ring (bicyclic) bond motifs is 1. The van der Waals surface area contributed by atoms with Crippen molar-refractivity contribution in [1.82, 2.24) is 29.8 Å². The van der Waals surface area contributed by atoms with Crippen LogP contribution in [0.15, 0.2) is 12.3 Å². The van der Waals surface area contributed by atoms with E-state index in [2.05, 4.69) is 20.4 Å². The van der Waals surface area contributed by atoms with Gasteiger partial charge in [0.25, 0.3) is 11.7 Å². The van der Waals surface area contributed by atoms with Gasteiger partial charge in [0.05, 0.1) is 0 Å². The van der Waals surface area contributed by atoms with Crippen LogP contribution in [0.4, 0.5) is 0 Å². The van der Waals surface area contributed by atoms with E-state index in [-0.39, 0.29) is 17.6 Å².